The molecule has 0 aliphatic carbocycles. The second-order valence-electron chi connectivity index (χ2n) is 3.59. The second-order valence-corrected chi connectivity index (χ2v) is 3.59. The van der Waals surface area contributed by atoms with Gasteiger partial charge in [0, 0.05) is 11.3 Å². The molecule has 1 unspecified atom stereocenters. The molecular formula is C10H15N3O3. The number of nitrogens with zero attached hydrogens (tertiary/aromatic N) is 1. The van der Waals surface area contributed by atoms with Crippen LogP contribution in [0.3, 0.4) is 0 Å². The van der Waals surface area contributed by atoms with Crippen molar-refractivity contribution in [3.8, 4) is 0 Å². The summed E-state index contributed by atoms with van der Waals surface area (Å²) >= 11 is 0. The molecule has 0 aliphatic heterocycles. The van der Waals surface area contributed by atoms with Crippen LogP contribution >= 0.6 is 0 Å². The maximum absolute atomic E-state index is 11.7. The summed E-state index contributed by atoms with van der Waals surface area (Å²) in [5.74, 6) is -1.50. The zero-order chi connectivity index (χ0) is 12.3. The number of hydrogen-bond acceptors (Lipinski definition) is 3. The quantitative estimate of drug-likeness (QED) is 0.700. The van der Waals surface area contributed by atoms with Crippen molar-refractivity contribution in [3.05, 3.63) is 17.0 Å². The summed E-state index contributed by atoms with van der Waals surface area (Å²) in [5.41, 5.74) is 1.78. The van der Waals surface area contributed by atoms with Gasteiger partial charge in [0.25, 0.3) is 5.91 Å². The summed E-state index contributed by atoms with van der Waals surface area (Å²) in [4.78, 5) is 22.4. The van der Waals surface area contributed by atoms with E-state index in [1.165, 1.54) is 0 Å². The number of hydrogen-bond donors (Lipinski definition) is 3. The monoisotopic (exact) mass is 225 g/mol. The molecule has 0 bridgehead atoms. The summed E-state index contributed by atoms with van der Waals surface area (Å²) in [5, 5.41) is 17.7. The molecule has 16 heavy (non-hydrogen) atoms. The SMILES string of the molecule is CCC(NC(=O)c1n[nH]c(C)c1C)C(=O)O. The molecule has 1 heterocycles. The van der Waals surface area contributed by atoms with Crippen molar-refractivity contribution in [2.24, 2.45) is 0 Å². The standard InChI is InChI=1S/C10H15N3O3/c1-4-7(10(15)16)11-9(14)8-5(2)6(3)12-13-8/h7H,4H2,1-3H3,(H,11,14)(H,12,13)(H,15,16). The highest BCUT2D eigenvalue weighted by Crippen LogP contribution is 2.08. The van der Waals surface area contributed by atoms with E-state index in [0.717, 1.165) is 11.3 Å². The Morgan fingerprint density at radius 1 is 1.50 bits per heavy atom. The van der Waals surface area contributed by atoms with Gasteiger partial charge in [-0.1, -0.05) is 6.92 Å². The van der Waals surface area contributed by atoms with Crippen LogP contribution in [0.4, 0.5) is 0 Å². The van der Waals surface area contributed by atoms with Gasteiger partial charge in [-0.25, -0.2) is 4.79 Å². The van der Waals surface area contributed by atoms with Gasteiger partial charge in [-0.15, -0.1) is 0 Å². The van der Waals surface area contributed by atoms with E-state index in [9.17, 15) is 9.59 Å². The van der Waals surface area contributed by atoms with Gasteiger partial charge in [0.15, 0.2) is 5.69 Å². The van der Waals surface area contributed by atoms with Gasteiger partial charge in [-0.2, -0.15) is 5.10 Å². The lowest BCUT2D eigenvalue weighted by molar-refractivity contribution is -0.139. The Morgan fingerprint density at radius 3 is 2.50 bits per heavy atom. The van der Waals surface area contributed by atoms with Crippen molar-refractivity contribution in [1.29, 1.82) is 0 Å². The number of rotatable bonds is 4. The largest absolute Gasteiger partial charge is 0.480 e. The van der Waals surface area contributed by atoms with Crippen molar-refractivity contribution in [2.75, 3.05) is 0 Å². The molecule has 0 fully saturated rings. The molecule has 0 radical (unpaired) electrons. The lowest BCUT2D eigenvalue weighted by atomic mass is 10.2. The van der Waals surface area contributed by atoms with E-state index < -0.39 is 17.9 Å². The van der Waals surface area contributed by atoms with Crippen LogP contribution in [0.2, 0.25) is 0 Å². The highest BCUT2D eigenvalue weighted by molar-refractivity contribution is 5.96. The average Bonchev–Trinajstić information content (AvgIpc) is 2.55. The van der Waals surface area contributed by atoms with Gasteiger partial charge in [0.1, 0.15) is 6.04 Å². The maximum atomic E-state index is 11.7. The Kier molecular flexibility index (Phi) is 3.65. The number of amides is 1. The first kappa shape index (κ1) is 12.2. The predicted octanol–water partition coefficient (Wildman–Crippen LogP) is 0.620. The van der Waals surface area contributed by atoms with E-state index in [0.29, 0.717) is 6.42 Å². The fourth-order valence-corrected chi connectivity index (χ4v) is 1.27. The molecule has 88 valence electrons. The summed E-state index contributed by atoms with van der Waals surface area (Å²) in [7, 11) is 0. The molecule has 1 aromatic heterocycles. The topological polar surface area (TPSA) is 95.1 Å². The van der Waals surface area contributed by atoms with Crippen LogP contribution in [0.5, 0.6) is 0 Å². The predicted molar refractivity (Wildman–Crippen MR) is 57.2 cm³/mol. The van der Waals surface area contributed by atoms with Gasteiger partial charge in [-0.05, 0) is 20.3 Å². The average molecular weight is 225 g/mol. The number of carbonyl (C=O) groups excluding carboxylic acids is 1. The second kappa shape index (κ2) is 4.78. The number of carbonyl (C=O) groups is 2. The Labute approximate surface area is 93.1 Å². The van der Waals surface area contributed by atoms with Crippen LogP contribution in [0.1, 0.15) is 35.1 Å². The van der Waals surface area contributed by atoms with E-state index in [2.05, 4.69) is 15.5 Å². The lowest BCUT2D eigenvalue weighted by Gasteiger charge is -2.11. The van der Waals surface area contributed by atoms with Crippen LogP contribution in [-0.4, -0.2) is 33.2 Å². The summed E-state index contributed by atoms with van der Waals surface area (Å²) in [6.45, 7) is 5.25. The van der Waals surface area contributed by atoms with E-state index >= 15 is 0 Å². The lowest BCUT2D eigenvalue weighted by Crippen LogP contribution is -2.40. The number of nitrogens with one attached hydrogen (secondary N) is 2. The van der Waals surface area contributed by atoms with Crippen molar-refractivity contribution in [1.82, 2.24) is 15.5 Å². The third-order valence-corrected chi connectivity index (χ3v) is 2.48. The van der Waals surface area contributed by atoms with E-state index in [1.807, 2.05) is 0 Å². The smallest absolute Gasteiger partial charge is 0.326 e. The zero-order valence-corrected chi connectivity index (χ0v) is 9.50. The third-order valence-electron chi connectivity index (χ3n) is 2.48. The van der Waals surface area contributed by atoms with Crippen LogP contribution in [-0.2, 0) is 4.79 Å². The number of aromatic nitrogens is 2. The zero-order valence-electron chi connectivity index (χ0n) is 9.50. The molecule has 1 atom stereocenters. The molecule has 3 N–H and O–H groups in total. The first-order valence-corrected chi connectivity index (χ1v) is 5.02. The normalized spacial score (nSPS) is 12.2. The molecule has 0 saturated carbocycles. The fourth-order valence-electron chi connectivity index (χ4n) is 1.27. The molecule has 1 amide bonds. The van der Waals surface area contributed by atoms with Crippen LogP contribution < -0.4 is 5.32 Å². The van der Waals surface area contributed by atoms with Gasteiger partial charge >= 0.3 is 5.97 Å². The molecule has 0 aliphatic rings. The Bertz CT molecular complexity index is 411. The first-order chi connectivity index (χ1) is 7.47. The minimum Gasteiger partial charge on any atom is -0.480 e. The molecule has 1 aromatic rings. The number of carboxylic acids is 1. The van der Waals surface area contributed by atoms with Crippen molar-refractivity contribution < 1.29 is 14.7 Å². The highest BCUT2D eigenvalue weighted by atomic mass is 16.4. The minimum atomic E-state index is -1.04. The molecule has 0 saturated heterocycles. The molecule has 0 aromatic carbocycles. The van der Waals surface area contributed by atoms with Crippen LogP contribution in [0.25, 0.3) is 0 Å². The van der Waals surface area contributed by atoms with Gasteiger partial charge in [0.05, 0.1) is 0 Å². The van der Waals surface area contributed by atoms with Crippen molar-refractivity contribution >= 4 is 11.9 Å². The Hall–Kier alpha value is -1.85. The van der Waals surface area contributed by atoms with E-state index in [4.69, 9.17) is 5.11 Å². The summed E-state index contributed by atoms with van der Waals surface area (Å²) < 4.78 is 0. The third kappa shape index (κ3) is 2.39. The van der Waals surface area contributed by atoms with E-state index in [-0.39, 0.29) is 5.69 Å². The van der Waals surface area contributed by atoms with Crippen molar-refractivity contribution in [3.63, 3.8) is 0 Å². The summed E-state index contributed by atoms with van der Waals surface area (Å²) in [6.07, 6.45) is 0.337. The summed E-state index contributed by atoms with van der Waals surface area (Å²) in [6, 6.07) is -0.871. The molecule has 6 heteroatoms. The van der Waals surface area contributed by atoms with Gasteiger partial charge < -0.3 is 10.4 Å². The minimum absolute atomic E-state index is 0.247. The Morgan fingerprint density at radius 2 is 2.12 bits per heavy atom. The van der Waals surface area contributed by atoms with Crippen LogP contribution in [0, 0.1) is 13.8 Å². The van der Waals surface area contributed by atoms with Crippen LogP contribution in [0.15, 0.2) is 0 Å². The Balaban J connectivity index is 2.80. The molecule has 6 nitrogen and oxygen atoms in total. The highest BCUT2D eigenvalue weighted by Gasteiger charge is 2.21. The first-order valence-electron chi connectivity index (χ1n) is 5.02. The number of H-pyrrole nitrogens is 1. The van der Waals surface area contributed by atoms with Gasteiger partial charge in [0.2, 0.25) is 0 Å². The number of carboxylic acid groups (broad SMARTS) is 1. The van der Waals surface area contributed by atoms with Crippen molar-refractivity contribution in [2.45, 2.75) is 33.2 Å². The number of aryl methyl sites for hydroxylation is 1. The van der Waals surface area contributed by atoms with E-state index in [1.54, 1.807) is 20.8 Å². The molecule has 1 rings (SSSR count). The fraction of sp³-hybridized carbons (Fsp3) is 0.500. The number of aromatic amines is 1. The number of aliphatic carboxylic acids is 1. The molecular weight excluding hydrogens is 210 g/mol. The van der Waals surface area contributed by atoms with Gasteiger partial charge in [-0.3, -0.25) is 9.89 Å². The molecule has 0 spiro atoms. The maximum Gasteiger partial charge on any atom is 0.326 e.